The third-order valence-corrected chi connectivity index (χ3v) is 3.05. The van der Waals surface area contributed by atoms with E-state index in [9.17, 15) is 9.59 Å². The number of nitrogens with one attached hydrogen (secondary N) is 1. The maximum Gasteiger partial charge on any atom is 0.243 e. The predicted octanol–water partition coefficient (Wildman–Crippen LogP) is 1.79. The Morgan fingerprint density at radius 3 is 2.33 bits per heavy atom. The average molecular weight is 254 g/mol. The third kappa shape index (κ3) is 3.72. The number of rotatable bonds is 4. The Kier molecular flexibility index (Phi) is 4.41. The molecule has 1 saturated heterocycles. The smallest absolute Gasteiger partial charge is 0.243 e. The van der Waals surface area contributed by atoms with E-state index in [1.54, 1.807) is 4.90 Å². The van der Waals surface area contributed by atoms with Crippen LogP contribution in [0.2, 0.25) is 0 Å². The van der Waals surface area contributed by atoms with Crippen molar-refractivity contribution in [3.05, 3.63) is 0 Å². The molecule has 4 nitrogen and oxygen atoms in total. The summed E-state index contributed by atoms with van der Waals surface area (Å²) in [7, 11) is 0. The normalized spacial score (nSPS) is 21.8. The highest BCUT2D eigenvalue weighted by molar-refractivity contribution is 5.92. The first kappa shape index (κ1) is 15.0. The van der Waals surface area contributed by atoms with E-state index in [1.165, 1.54) is 0 Å². The summed E-state index contributed by atoms with van der Waals surface area (Å²) in [6, 6.07) is -0.312. The summed E-state index contributed by atoms with van der Waals surface area (Å²) in [6.45, 7) is 12.6. The fraction of sp³-hybridized carbons (Fsp3) is 0.857. The molecule has 18 heavy (non-hydrogen) atoms. The first-order chi connectivity index (χ1) is 8.11. The van der Waals surface area contributed by atoms with Crippen molar-refractivity contribution in [2.75, 3.05) is 6.54 Å². The largest absolute Gasteiger partial charge is 0.350 e. The Morgan fingerprint density at radius 1 is 1.44 bits per heavy atom. The second-order valence-electron chi connectivity index (χ2n) is 6.78. The minimum atomic E-state index is -0.312. The molecule has 0 saturated carbocycles. The Morgan fingerprint density at radius 2 is 2.00 bits per heavy atom. The minimum Gasteiger partial charge on any atom is -0.350 e. The number of carbonyl (C=O) groups excluding carboxylic acids is 2. The molecule has 0 aromatic heterocycles. The van der Waals surface area contributed by atoms with Crippen LogP contribution in [-0.4, -0.2) is 34.8 Å². The maximum absolute atomic E-state index is 12.3. The van der Waals surface area contributed by atoms with Crippen LogP contribution in [0.3, 0.4) is 0 Å². The quantitative estimate of drug-likeness (QED) is 0.778. The van der Waals surface area contributed by atoms with Gasteiger partial charge < -0.3 is 10.2 Å². The van der Waals surface area contributed by atoms with Crippen molar-refractivity contribution in [3.8, 4) is 0 Å². The molecule has 0 aliphatic carbocycles. The van der Waals surface area contributed by atoms with Crippen molar-refractivity contribution >= 4 is 11.8 Å². The fourth-order valence-electron chi connectivity index (χ4n) is 2.19. The van der Waals surface area contributed by atoms with E-state index in [1.807, 2.05) is 27.7 Å². The molecule has 2 amide bonds. The molecule has 1 N–H and O–H groups in total. The number of hydrogen-bond donors (Lipinski definition) is 1. The van der Waals surface area contributed by atoms with Crippen LogP contribution in [-0.2, 0) is 9.59 Å². The van der Waals surface area contributed by atoms with Gasteiger partial charge in [-0.3, -0.25) is 9.59 Å². The van der Waals surface area contributed by atoms with Gasteiger partial charge in [-0.05, 0) is 33.1 Å². The van der Waals surface area contributed by atoms with Crippen LogP contribution in [0.5, 0.6) is 0 Å². The SMILES string of the molecule is CC(C)CC(C(=O)NC(C)(C)C)N1CC(C)C1=O. The molecule has 4 heteroatoms. The lowest BCUT2D eigenvalue weighted by atomic mass is 9.93. The number of nitrogens with zero attached hydrogens (tertiary/aromatic N) is 1. The van der Waals surface area contributed by atoms with Crippen molar-refractivity contribution in [1.82, 2.24) is 10.2 Å². The molecule has 1 heterocycles. The topological polar surface area (TPSA) is 49.4 Å². The predicted molar refractivity (Wildman–Crippen MR) is 72.0 cm³/mol. The van der Waals surface area contributed by atoms with Crippen molar-refractivity contribution in [1.29, 1.82) is 0 Å². The van der Waals surface area contributed by atoms with Crippen molar-refractivity contribution < 1.29 is 9.59 Å². The van der Waals surface area contributed by atoms with Gasteiger partial charge in [0.25, 0.3) is 0 Å². The van der Waals surface area contributed by atoms with Crippen LogP contribution in [0.4, 0.5) is 0 Å². The van der Waals surface area contributed by atoms with Gasteiger partial charge in [0.05, 0.1) is 5.92 Å². The van der Waals surface area contributed by atoms with Gasteiger partial charge >= 0.3 is 0 Å². The van der Waals surface area contributed by atoms with Gasteiger partial charge in [-0.1, -0.05) is 20.8 Å². The monoisotopic (exact) mass is 254 g/mol. The Labute approximate surface area is 110 Å². The lowest BCUT2D eigenvalue weighted by Crippen LogP contribution is -2.62. The molecule has 0 radical (unpaired) electrons. The van der Waals surface area contributed by atoms with E-state index in [0.29, 0.717) is 12.5 Å². The van der Waals surface area contributed by atoms with Crippen LogP contribution in [0, 0.1) is 11.8 Å². The number of β-lactam (4-membered cyclic amide) rings is 1. The molecule has 0 bridgehead atoms. The molecule has 0 aromatic carbocycles. The van der Waals surface area contributed by atoms with Gasteiger partial charge in [-0.15, -0.1) is 0 Å². The van der Waals surface area contributed by atoms with E-state index in [4.69, 9.17) is 0 Å². The van der Waals surface area contributed by atoms with Gasteiger partial charge in [-0.2, -0.15) is 0 Å². The highest BCUT2D eigenvalue weighted by atomic mass is 16.2. The molecular formula is C14H26N2O2. The first-order valence-electron chi connectivity index (χ1n) is 6.74. The number of likely N-dealkylation sites (tertiary alicyclic amines) is 1. The molecule has 1 aliphatic heterocycles. The first-order valence-corrected chi connectivity index (χ1v) is 6.74. The molecular weight excluding hydrogens is 228 g/mol. The Balaban J connectivity index is 2.73. The number of carbonyl (C=O) groups is 2. The average Bonchev–Trinajstić information content (AvgIpc) is 2.19. The van der Waals surface area contributed by atoms with E-state index >= 15 is 0 Å². The van der Waals surface area contributed by atoms with Crippen LogP contribution in [0.15, 0.2) is 0 Å². The Hall–Kier alpha value is -1.06. The van der Waals surface area contributed by atoms with Crippen LogP contribution < -0.4 is 5.32 Å². The van der Waals surface area contributed by atoms with Gasteiger partial charge in [0.15, 0.2) is 0 Å². The van der Waals surface area contributed by atoms with E-state index in [0.717, 1.165) is 6.42 Å². The zero-order chi connectivity index (χ0) is 14.1. The van der Waals surface area contributed by atoms with Crippen LogP contribution in [0.25, 0.3) is 0 Å². The second-order valence-corrected chi connectivity index (χ2v) is 6.78. The molecule has 0 spiro atoms. The molecule has 104 valence electrons. The van der Waals surface area contributed by atoms with Crippen molar-refractivity contribution in [2.24, 2.45) is 11.8 Å². The summed E-state index contributed by atoms with van der Waals surface area (Å²) in [5.74, 6) is 0.535. The van der Waals surface area contributed by atoms with E-state index in [2.05, 4.69) is 19.2 Å². The number of amides is 2. The molecule has 1 aliphatic rings. The maximum atomic E-state index is 12.3. The molecule has 0 aromatic rings. The van der Waals surface area contributed by atoms with Gasteiger partial charge in [0.1, 0.15) is 6.04 Å². The molecule has 2 atom stereocenters. The fourth-order valence-corrected chi connectivity index (χ4v) is 2.19. The van der Waals surface area contributed by atoms with Crippen LogP contribution >= 0.6 is 0 Å². The zero-order valence-electron chi connectivity index (χ0n) is 12.4. The Bertz CT molecular complexity index is 331. The lowest BCUT2D eigenvalue weighted by Gasteiger charge is -2.43. The summed E-state index contributed by atoms with van der Waals surface area (Å²) in [5, 5.41) is 2.98. The summed E-state index contributed by atoms with van der Waals surface area (Å²) in [6.07, 6.45) is 0.723. The molecule has 2 unspecified atom stereocenters. The molecule has 1 rings (SSSR count). The minimum absolute atomic E-state index is 0.0311. The summed E-state index contributed by atoms with van der Waals surface area (Å²) >= 11 is 0. The van der Waals surface area contributed by atoms with E-state index < -0.39 is 0 Å². The lowest BCUT2D eigenvalue weighted by molar-refractivity contribution is -0.156. The zero-order valence-corrected chi connectivity index (χ0v) is 12.4. The summed E-state index contributed by atoms with van der Waals surface area (Å²) in [5.41, 5.74) is -0.258. The number of hydrogen-bond acceptors (Lipinski definition) is 2. The summed E-state index contributed by atoms with van der Waals surface area (Å²) < 4.78 is 0. The van der Waals surface area contributed by atoms with Gasteiger partial charge in [0, 0.05) is 12.1 Å². The standard InChI is InChI=1S/C14H26N2O2/c1-9(2)7-11(12(17)15-14(4,5)6)16-8-10(3)13(16)18/h9-11H,7-8H2,1-6H3,(H,15,17). The van der Waals surface area contributed by atoms with E-state index in [-0.39, 0.29) is 29.3 Å². The highest BCUT2D eigenvalue weighted by Crippen LogP contribution is 2.24. The highest BCUT2D eigenvalue weighted by Gasteiger charge is 2.41. The summed E-state index contributed by atoms with van der Waals surface area (Å²) in [4.78, 5) is 25.8. The van der Waals surface area contributed by atoms with Gasteiger partial charge in [-0.25, -0.2) is 0 Å². The molecule has 1 fully saturated rings. The van der Waals surface area contributed by atoms with Crippen molar-refractivity contribution in [3.63, 3.8) is 0 Å². The van der Waals surface area contributed by atoms with Crippen molar-refractivity contribution in [2.45, 2.75) is 59.5 Å². The second kappa shape index (κ2) is 5.29. The third-order valence-electron chi connectivity index (χ3n) is 3.05. The van der Waals surface area contributed by atoms with Crippen LogP contribution in [0.1, 0.15) is 48.0 Å². The van der Waals surface area contributed by atoms with Gasteiger partial charge in [0.2, 0.25) is 11.8 Å².